The molecule has 5 heteroatoms. The van der Waals surface area contributed by atoms with E-state index >= 15 is 0 Å². The highest BCUT2D eigenvalue weighted by Crippen LogP contribution is 2.26. The zero-order valence-corrected chi connectivity index (χ0v) is 11.6. The maximum absolute atomic E-state index is 5.09. The molecule has 0 bridgehead atoms. The first-order valence-corrected chi connectivity index (χ1v) is 6.80. The lowest BCUT2D eigenvalue weighted by Gasteiger charge is -1.98. The summed E-state index contributed by atoms with van der Waals surface area (Å²) in [5, 5.41) is 3.77. The van der Waals surface area contributed by atoms with E-state index < -0.39 is 0 Å². The molecule has 0 unspecified atom stereocenters. The van der Waals surface area contributed by atoms with Crippen LogP contribution < -0.4 is 0 Å². The molecule has 0 aliphatic rings. The molecule has 1 heterocycles. The summed E-state index contributed by atoms with van der Waals surface area (Å²) < 4.78 is 6.92. The van der Waals surface area contributed by atoms with Crippen molar-refractivity contribution in [1.82, 2.24) is 5.16 Å². The van der Waals surface area contributed by atoms with Crippen molar-refractivity contribution in [3.8, 4) is 0 Å². The number of benzene rings is 1. The molecule has 0 spiro atoms. The van der Waals surface area contributed by atoms with E-state index in [1.807, 2.05) is 18.2 Å². The highest BCUT2D eigenvalue weighted by molar-refractivity contribution is 9.10. The molecular formula is C10H7Br2NOS. The van der Waals surface area contributed by atoms with Crippen LogP contribution in [0.25, 0.3) is 0 Å². The molecule has 0 N–H and O–H groups in total. The topological polar surface area (TPSA) is 26.0 Å². The predicted molar refractivity (Wildman–Crippen MR) is 67.9 cm³/mol. The minimum Gasteiger partial charge on any atom is -0.359 e. The largest absolute Gasteiger partial charge is 0.359 e. The number of hydrogen-bond acceptors (Lipinski definition) is 3. The molecule has 0 aliphatic heterocycles. The monoisotopic (exact) mass is 347 g/mol. The van der Waals surface area contributed by atoms with Crippen molar-refractivity contribution in [2.75, 3.05) is 0 Å². The molecule has 0 aliphatic carbocycles. The van der Waals surface area contributed by atoms with Crippen LogP contribution in [0.4, 0.5) is 0 Å². The Kier molecular flexibility index (Phi) is 3.88. The molecule has 0 fully saturated rings. The van der Waals surface area contributed by atoms with Crippen LogP contribution in [0.2, 0.25) is 0 Å². The van der Waals surface area contributed by atoms with Crippen molar-refractivity contribution in [3.63, 3.8) is 0 Å². The molecular weight excluding hydrogens is 342 g/mol. The molecule has 0 saturated heterocycles. The first kappa shape index (κ1) is 11.2. The van der Waals surface area contributed by atoms with Crippen molar-refractivity contribution >= 4 is 43.6 Å². The second-order valence-corrected chi connectivity index (χ2v) is 5.64. The summed E-state index contributed by atoms with van der Waals surface area (Å²) in [4.78, 5) is 1.21. The molecule has 1 aromatic carbocycles. The van der Waals surface area contributed by atoms with E-state index in [1.54, 1.807) is 11.8 Å². The minimum atomic E-state index is 0.743. The van der Waals surface area contributed by atoms with Crippen molar-refractivity contribution < 1.29 is 4.52 Å². The number of halogens is 2. The Morgan fingerprint density at radius 2 is 2.13 bits per heavy atom. The average Bonchev–Trinajstić information content (AvgIpc) is 2.62. The van der Waals surface area contributed by atoms with Gasteiger partial charge in [0.1, 0.15) is 10.4 Å². The van der Waals surface area contributed by atoms with Gasteiger partial charge in [0, 0.05) is 15.4 Å². The number of thioether (sulfide) groups is 1. The van der Waals surface area contributed by atoms with Crippen LogP contribution in [-0.2, 0) is 5.75 Å². The second-order valence-electron chi connectivity index (χ2n) is 2.86. The molecule has 0 amide bonds. The van der Waals surface area contributed by atoms with Crippen LogP contribution >= 0.6 is 43.6 Å². The molecule has 0 saturated carbocycles. The Labute approximate surface area is 109 Å². The van der Waals surface area contributed by atoms with Crippen molar-refractivity contribution in [2.24, 2.45) is 0 Å². The fraction of sp³-hybridized carbons (Fsp3) is 0.100. The van der Waals surface area contributed by atoms with Gasteiger partial charge in [0.15, 0.2) is 0 Å². The van der Waals surface area contributed by atoms with E-state index in [4.69, 9.17) is 4.52 Å². The van der Waals surface area contributed by atoms with Gasteiger partial charge in [-0.1, -0.05) is 27.2 Å². The van der Waals surface area contributed by atoms with Gasteiger partial charge in [-0.3, -0.25) is 0 Å². The lowest BCUT2D eigenvalue weighted by molar-refractivity contribution is 0.391. The number of rotatable bonds is 3. The first-order chi connectivity index (χ1) is 7.24. The lowest BCUT2D eigenvalue weighted by Crippen LogP contribution is -1.76. The summed E-state index contributed by atoms with van der Waals surface area (Å²) in [6.07, 6.45) is 0. The predicted octanol–water partition coefficient (Wildman–Crippen LogP) is 4.49. The van der Waals surface area contributed by atoms with Gasteiger partial charge in [-0.2, -0.15) is 0 Å². The smallest absolute Gasteiger partial charge is 0.149 e. The molecule has 15 heavy (non-hydrogen) atoms. The zero-order chi connectivity index (χ0) is 10.7. The summed E-state index contributed by atoms with van der Waals surface area (Å²) in [6, 6.07) is 10.1. The maximum atomic E-state index is 5.09. The van der Waals surface area contributed by atoms with Crippen LogP contribution in [0.15, 0.2) is 48.8 Å². The van der Waals surface area contributed by atoms with Gasteiger partial charge in [-0.25, -0.2) is 0 Å². The zero-order valence-electron chi connectivity index (χ0n) is 7.61. The molecule has 0 atom stereocenters. The van der Waals surface area contributed by atoms with Crippen LogP contribution in [0.1, 0.15) is 5.76 Å². The third-order valence-electron chi connectivity index (χ3n) is 1.71. The van der Waals surface area contributed by atoms with E-state index in [-0.39, 0.29) is 0 Å². The molecule has 78 valence electrons. The number of hydrogen-bond donors (Lipinski definition) is 0. The molecule has 2 aromatic rings. The first-order valence-electron chi connectivity index (χ1n) is 4.23. The van der Waals surface area contributed by atoms with Crippen molar-refractivity contribution in [1.29, 1.82) is 0 Å². The molecule has 2 rings (SSSR count). The third-order valence-corrected chi connectivity index (χ3v) is 3.59. The van der Waals surface area contributed by atoms with E-state index in [1.165, 1.54) is 4.90 Å². The van der Waals surface area contributed by atoms with E-state index in [0.717, 1.165) is 20.6 Å². The fourth-order valence-electron chi connectivity index (χ4n) is 1.07. The lowest BCUT2D eigenvalue weighted by atomic mass is 10.4. The summed E-state index contributed by atoms with van der Waals surface area (Å²) >= 11 is 8.40. The number of nitrogens with zero attached hydrogens (tertiary/aromatic N) is 1. The number of aromatic nitrogens is 1. The Morgan fingerprint density at radius 1 is 1.27 bits per heavy atom. The third kappa shape index (κ3) is 3.36. The summed E-state index contributed by atoms with van der Waals surface area (Å²) in [5.41, 5.74) is 0. The second kappa shape index (κ2) is 5.18. The molecule has 0 radical (unpaired) electrons. The van der Waals surface area contributed by atoms with Gasteiger partial charge in [0.05, 0.1) is 5.75 Å². The Morgan fingerprint density at radius 3 is 2.80 bits per heavy atom. The molecule has 2 nitrogen and oxygen atoms in total. The van der Waals surface area contributed by atoms with Gasteiger partial charge in [-0.15, -0.1) is 11.8 Å². The van der Waals surface area contributed by atoms with Crippen LogP contribution in [0.5, 0.6) is 0 Å². The van der Waals surface area contributed by atoms with Crippen molar-refractivity contribution in [2.45, 2.75) is 10.6 Å². The highest BCUT2D eigenvalue weighted by atomic mass is 79.9. The van der Waals surface area contributed by atoms with Gasteiger partial charge in [0.25, 0.3) is 0 Å². The van der Waals surface area contributed by atoms with E-state index in [9.17, 15) is 0 Å². The summed E-state index contributed by atoms with van der Waals surface area (Å²) in [5.74, 6) is 1.65. The minimum absolute atomic E-state index is 0.743. The quantitative estimate of drug-likeness (QED) is 0.764. The Hall–Kier alpha value is -0.260. The fourth-order valence-corrected chi connectivity index (χ4v) is 2.78. The van der Waals surface area contributed by atoms with Crippen LogP contribution in [0, 0.1) is 0 Å². The Balaban J connectivity index is 1.99. The summed E-state index contributed by atoms with van der Waals surface area (Å²) in [6.45, 7) is 0. The van der Waals surface area contributed by atoms with Gasteiger partial charge >= 0.3 is 0 Å². The van der Waals surface area contributed by atoms with Gasteiger partial charge in [0.2, 0.25) is 0 Å². The van der Waals surface area contributed by atoms with Crippen LogP contribution in [0.3, 0.4) is 0 Å². The van der Waals surface area contributed by atoms with Crippen molar-refractivity contribution in [3.05, 3.63) is 45.2 Å². The standard InChI is InChI=1S/C10H7Br2NOS/c11-7-2-1-3-9(4-7)15-6-8-5-10(12)13-14-8/h1-5H,6H2. The average molecular weight is 349 g/mol. The van der Waals surface area contributed by atoms with Gasteiger partial charge < -0.3 is 4.52 Å². The van der Waals surface area contributed by atoms with Crippen LogP contribution in [-0.4, -0.2) is 5.16 Å². The van der Waals surface area contributed by atoms with E-state index in [0.29, 0.717) is 0 Å². The van der Waals surface area contributed by atoms with E-state index in [2.05, 4.69) is 49.1 Å². The SMILES string of the molecule is Brc1cccc(SCc2cc(Br)no2)c1. The summed E-state index contributed by atoms with van der Waals surface area (Å²) in [7, 11) is 0. The maximum Gasteiger partial charge on any atom is 0.149 e. The Bertz CT molecular complexity index is 458. The van der Waals surface area contributed by atoms with Gasteiger partial charge in [-0.05, 0) is 34.1 Å². The highest BCUT2D eigenvalue weighted by Gasteiger charge is 2.02. The molecule has 1 aromatic heterocycles. The normalized spacial score (nSPS) is 10.5.